The van der Waals surface area contributed by atoms with Crippen molar-refractivity contribution in [3.63, 3.8) is 0 Å². The van der Waals surface area contributed by atoms with Crippen LogP contribution < -0.4 is 5.69 Å². The molecule has 1 heterocycles. The van der Waals surface area contributed by atoms with Crippen molar-refractivity contribution in [2.24, 2.45) is 0 Å². The summed E-state index contributed by atoms with van der Waals surface area (Å²) >= 11 is 0. The zero-order valence-electron chi connectivity index (χ0n) is 12.2. The molecule has 0 bridgehead atoms. The van der Waals surface area contributed by atoms with E-state index in [2.05, 4.69) is 4.98 Å². The Hall–Kier alpha value is -1.50. The molecular formula is C13H20N2O4S. The topological polar surface area (TPSA) is 89.3 Å². The fourth-order valence-corrected chi connectivity index (χ4v) is 2.42. The van der Waals surface area contributed by atoms with Crippen LogP contribution in [0.2, 0.25) is 0 Å². The molecule has 0 fully saturated rings. The van der Waals surface area contributed by atoms with Gasteiger partial charge in [-0.2, -0.15) is 4.98 Å². The van der Waals surface area contributed by atoms with E-state index in [0.29, 0.717) is 29.9 Å². The Bertz CT molecular complexity index is 595. The van der Waals surface area contributed by atoms with Crippen molar-refractivity contribution < 1.29 is 14.1 Å². The Kier molecular flexibility index (Phi) is 5.62. The number of carboxylic acids is 1. The van der Waals surface area contributed by atoms with E-state index >= 15 is 0 Å². The van der Waals surface area contributed by atoms with Crippen molar-refractivity contribution in [3.8, 4) is 0 Å². The average Bonchev–Trinajstić information content (AvgIpc) is 2.33. The second-order valence-corrected chi connectivity index (χ2v) is 6.67. The van der Waals surface area contributed by atoms with Crippen LogP contribution in [0.5, 0.6) is 0 Å². The molecule has 6 nitrogen and oxygen atoms in total. The first-order chi connectivity index (χ1) is 9.23. The van der Waals surface area contributed by atoms with Gasteiger partial charge in [0.15, 0.2) is 0 Å². The number of aliphatic carboxylic acids is 1. The molecule has 0 aliphatic carbocycles. The van der Waals surface area contributed by atoms with Crippen molar-refractivity contribution >= 4 is 16.8 Å². The summed E-state index contributed by atoms with van der Waals surface area (Å²) in [4.78, 5) is 26.7. The Morgan fingerprint density at radius 1 is 1.45 bits per heavy atom. The summed E-state index contributed by atoms with van der Waals surface area (Å²) in [6.07, 6.45) is 2.06. The van der Waals surface area contributed by atoms with Crippen LogP contribution in [-0.2, 0) is 28.6 Å². The van der Waals surface area contributed by atoms with Gasteiger partial charge < -0.3 is 5.11 Å². The zero-order chi connectivity index (χ0) is 15.4. The summed E-state index contributed by atoms with van der Waals surface area (Å²) in [7, 11) is -0.946. The molecule has 1 aromatic heterocycles. The van der Waals surface area contributed by atoms with Gasteiger partial charge in [-0.25, -0.2) is 4.79 Å². The minimum absolute atomic E-state index is 0.0227. The minimum Gasteiger partial charge on any atom is -0.481 e. The number of aryl methyl sites for hydroxylation is 1. The summed E-state index contributed by atoms with van der Waals surface area (Å²) in [5, 5.41) is 8.89. The molecule has 0 aliphatic rings. The molecule has 1 N–H and O–H groups in total. The van der Waals surface area contributed by atoms with Gasteiger partial charge in [-0.15, -0.1) is 0 Å². The smallest absolute Gasteiger partial charge is 0.347 e. The van der Waals surface area contributed by atoms with Crippen LogP contribution in [0.15, 0.2) is 4.79 Å². The maximum atomic E-state index is 11.9. The van der Waals surface area contributed by atoms with E-state index in [-0.39, 0.29) is 17.4 Å². The first kappa shape index (κ1) is 16.6. The number of hydrogen-bond donors (Lipinski definition) is 1. The lowest BCUT2D eigenvalue weighted by atomic mass is 10.1. The molecule has 2 unspecified atom stereocenters. The fourth-order valence-electron chi connectivity index (χ4n) is 1.99. The van der Waals surface area contributed by atoms with E-state index in [1.165, 1.54) is 4.57 Å². The predicted octanol–water partition coefficient (Wildman–Crippen LogP) is 0.644. The highest BCUT2D eigenvalue weighted by Gasteiger charge is 2.15. The summed E-state index contributed by atoms with van der Waals surface area (Å²) < 4.78 is 12.8. The number of nitrogens with zero attached hydrogens (tertiary/aromatic N) is 2. The molecule has 0 saturated carbocycles. The van der Waals surface area contributed by atoms with Gasteiger partial charge in [0.2, 0.25) is 0 Å². The van der Waals surface area contributed by atoms with Crippen LogP contribution in [0.25, 0.3) is 0 Å². The van der Waals surface area contributed by atoms with Gasteiger partial charge in [0.25, 0.3) is 0 Å². The maximum absolute atomic E-state index is 11.9. The third-order valence-corrected chi connectivity index (χ3v) is 4.80. The number of carbonyl (C=O) groups is 1. The minimum atomic E-state index is -0.953. The van der Waals surface area contributed by atoms with Crippen LogP contribution in [0.4, 0.5) is 0 Å². The Balaban J connectivity index is 3.10. The van der Waals surface area contributed by atoms with Crippen LogP contribution in [0.3, 0.4) is 0 Å². The van der Waals surface area contributed by atoms with Gasteiger partial charge >= 0.3 is 11.7 Å². The third-order valence-electron chi connectivity index (χ3n) is 3.43. The van der Waals surface area contributed by atoms with Crippen molar-refractivity contribution in [3.05, 3.63) is 27.4 Å². The molecule has 7 heteroatoms. The molecule has 20 heavy (non-hydrogen) atoms. The van der Waals surface area contributed by atoms with Crippen LogP contribution in [0, 0.1) is 13.8 Å². The highest BCUT2D eigenvalue weighted by Crippen LogP contribution is 2.11. The van der Waals surface area contributed by atoms with Gasteiger partial charge in [-0.1, -0.05) is 6.92 Å². The summed E-state index contributed by atoms with van der Waals surface area (Å²) in [6.45, 7) is 5.62. The lowest BCUT2D eigenvalue weighted by molar-refractivity contribution is -0.136. The maximum Gasteiger partial charge on any atom is 0.347 e. The molecule has 0 aliphatic heterocycles. The largest absolute Gasteiger partial charge is 0.481 e. The van der Waals surface area contributed by atoms with Crippen molar-refractivity contribution in [1.29, 1.82) is 0 Å². The number of rotatable bonds is 6. The van der Waals surface area contributed by atoms with E-state index in [0.717, 1.165) is 0 Å². The summed E-state index contributed by atoms with van der Waals surface area (Å²) in [5.41, 5.74) is 1.27. The number of carboxylic acid groups (broad SMARTS) is 1. The molecule has 0 spiro atoms. The number of hydrogen-bond acceptors (Lipinski definition) is 4. The molecule has 1 rings (SSSR count). The monoisotopic (exact) mass is 300 g/mol. The summed E-state index contributed by atoms with van der Waals surface area (Å²) in [6, 6.07) is 0. The second kappa shape index (κ2) is 6.78. The van der Waals surface area contributed by atoms with Gasteiger partial charge in [0.1, 0.15) is 0 Å². The highest BCUT2D eigenvalue weighted by molar-refractivity contribution is 7.84. The summed E-state index contributed by atoms with van der Waals surface area (Å²) in [5.74, 6) is -0.953. The lowest BCUT2D eigenvalue weighted by Crippen LogP contribution is -2.30. The van der Waals surface area contributed by atoms with Gasteiger partial charge in [-0.3, -0.25) is 13.6 Å². The molecule has 2 atom stereocenters. The third kappa shape index (κ3) is 4.00. The molecule has 0 amide bonds. The van der Waals surface area contributed by atoms with E-state index in [9.17, 15) is 13.8 Å². The van der Waals surface area contributed by atoms with Gasteiger partial charge in [-0.05, 0) is 20.3 Å². The van der Waals surface area contributed by atoms with Crippen LogP contribution in [0.1, 0.15) is 30.3 Å². The standard InChI is InChI=1S/C13H20N2O4S/c1-8(20(4)19)5-6-15-10(3)11(7-12(16)17)9(2)14-13(15)18/h8H,5-7H2,1-4H3,(H,16,17). The predicted molar refractivity (Wildman–Crippen MR) is 77.5 cm³/mol. The van der Waals surface area contributed by atoms with Crippen molar-refractivity contribution in [1.82, 2.24) is 9.55 Å². The van der Waals surface area contributed by atoms with E-state index in [1.54, 1.807) is 20.1 Å². The average molecular weight is 300 g/mol. The molecule has 0 radical (unpaired) electrons. The Labute approximate surface area is 120 Å². The Morgan fingerprint density at radius 3 is 2.55 bits per heavy atom. The van der Waals surface area contributed by atoms with Gasteiger partial charge in [0.05, 0.1) is 6.42 Å². The lowest BCUT2D eigenvalue weighted by Gasteiger charge is -2.16. The second-order valence-electron chi connectivity index (χ2n) is 4.86. The molecule has 0 saturated heterocycles. The molecule has 1 aromatic rings. The van der Waals surface area contributed by atoms with Crippen molar-refractivity contribution in [2.75, 3.05) is 6.26 Å². The quantitative estimate of drug-likeness (QED) is 0.833. The first-order valence-electron chi connectivity index (χ1n) is 6.35. The fraction of sp³-hybridized carbons (Fsp3) is 0.615. The normalized spacial score (nSPS) is 14.0. The van der Waals surface area contributed by atoms with E-state index < -0.39 is 16.8 Å². The van der Waals surface area contributed by atoms with Crippen LogP contribution >= 0.6 is 0 Å². The SMILES string of the molecule is Cc1nc(=O)n(CCC(C)S(C)=O)c(C)c1CC(=O)O. The zero-order valence-corrected chi connectivity index (χ0v) is 13.0. The van der Waals surface area contributed by atoms with E-state index in [4.69, 9.17) is 5.11 Å². The molecule has 112 valence electrons. The highest BCUT2D eigenvalue weighted by atomic mass is 32.2. The van der Waals surface area contributed by atoms with Crippen molar-refractivity contribution in [2.45, 2.75) is 45.4 Å². The van der Waals surface area contributed by atoms with E-state index in [1.807, 2.05) is 6.92 Å². The van der Waals surface area contributed by atoms with Crippen LogP contribution in [-0.4, -0.2) is 36.3 Å². The first-order valence-corrected chi connectivity index (χ1v) is 7.97. The molecular weight excluding hydrogens is 280 g/mol. The van der Waals surface area contributed by atoms with Gasteiger partial charge in [0, 0.05) is 45.8 Å². The molecule has 0 aromatic carbocycles. The number of aromatic nitrogens is 2. The Morgan fingerprint density at radius 2 is 2.05 bits per heavy atom.